The van der Waals surface area contributed by atoms with Gasteiger partial charge in [-0.2, -0.15) is 0 Å². The number of aliphatic hydroxyl groups excluding tert-OH is 1. The summed E-state index contributed by atoms with van der Waals surface area (Å²) in [5.41, 5.74) is 6.18. The quantitative estimate of drug-likeness (QED) is 0.552. The molecule has 0 amide bonds. The Morgan fingerprint density at radius 3 is 2.86 bits per heavy atom. The van der Waals surface area contributed by atoms with E-state index in [1.165, 1.54) is 6.07 Å². The maximum absolute atomic E-state index is 12.9. The molecule has 0 saturated heterocycles. The van der Waals surface area contributed by atoms with E-state index in [0.717, 1.165) is 6.07 Å². The fraction of sp³-hybridized carbons (Fsp3) is 0.200. The largest absolute Gasteiger partial charge is 0.397 e. The molecule has 0 aliphatic heterocycles. The summed E-state index contributed by atoms with van der Waals surface area (Å²) in [6, 6.07) is 2.35. The molecule has 2 nitrogen and oxygen atoms in total. The third-order valence-corrected chi connectivity index (χ3v) is 1.87. The van der Waals surface area contributed by atoms with Crippen LogP contribution >= 0.6 is 11.6 Å². The first-order valence-corrected chi connectivity index (χ1v) is 4.37. The first kappa shape index (κ1) is 10.8. The summed E-state index contributed by atoms with van der Waals surface area (Å²) in [5, 5.41) is 8.64. The monoisotopic (exact) mass is 213 g/mol. The Kier molecular flexibility index (Phi) is 3.75. The molecule has 0 aliphatic rings. The molecular formula is C10H9ClFNO. The minimum absolute atomic E-state index is 0.0318. The van der Waals surface area contributed by atoms with Gasteiger partial charge in [-0.05, 0) is 12.1 Å². The van der Waals surface area contributed by atoms with Crippen LogP contribution < -0.4 is 5.73 Å². The molecule has 3 N–H and O–H groups in total. The van der Waals surface area contributed by atoms with Crippen molar-refractivity contribution in [3.05, 3.63) is 28.5 Å². The number of nitrogens with two attached hydrogens (primary N) is 1. The minimum atomic E-state index is -0.475. The van der Waals surface area contributed by atoms with E-state index in [0.29, 0.717) is 12.0 Å². The normalized spacial score (nSPS) is 9.36. The van der Waals surface area contributed by atoms with Crippen LogP contribution in [0.2, 0.25) is 5.02 Å². The standard InChI is InChI=1S/C10H9ClFNO/c11-9-6-8(12)5-7(10(9)13)3-1-2-4-14/h5-6,14H,2,4,13H2. The predicted octanol–water partition coefficient (Wildman–Crippen LogP) is 1.80. The van der Waals surface area contributed by atoms with Crippen LogP contribution in [0.25, 0.3) is 0 Å². The summed E-state index contributed by atoms with van der Waals surface area (Å²) < 4.78 is 12.9. The van der Waals surface area contributed by atoms with Gasteiger partial charge in [0, 0.05) is 6.42 Å². The van der Waals surface area contributed by atoms with E-state index in [-0.39, 0.29) is 17.3 Å². The van der Waals surface area contributed by atoms with Crippen LogP contribution in [0.3, 0.4) is 0 Å². The third kappa shape index (κ3) is 2.63. The number of rotatable bonds is 1. The van der Waals surface area contributed by atoms with Gasteiger partial charge in [0.15, 0.2) is 0 Å². The zero-order valence-corrected chi connectivity index (χ0v) is 8.11. The lowest BCUT2D eigenvalue weighted by atomic mass is 10.2. The second kappa shape index (κ2) is 4.85. The number of hydrogen-bond donors (Lipinski definition) is 2. The lowest BCUT2D eigenvalue weighted by Crippen LogP contribution is -1.93. The van der Waals surface area contributed by atoms with E-state index >= 15 is 0 Å². The molecule has 0 spiro atoms. The van der Waals surface area contributed by atoms with Gasteiger partial charge in [-0.3, -0.25) is 0 Å². The summed E-state index contributed by atoms with van der Waals surface area (Å²) in [5.74, 6) is 4.80. The smallest absolute Gasteiger partial charge is 0.126 e. The highest BCUT2D eigenvalue weighted by molar-refractivity contribution is 6.33. The van der Waals surface area contributed by atoms with Crippen LogP contribution in [-0.4, -0.2) is 11.7 Å². The Morgan fingerprint density at radius 1 is 1.50 bits per heavy atom. The highest BCUT2D eigenvalue weighted by Crippen LogP contribution is 2.23. The van der Waals surface area contributed by atoms with Crippen molar-refractivity contribution in [1.29, 1.82) is 0 Å². The summed E-state index contributed by atoms with van der Waals surface area (Å²) in [6.45, 7) is -0.0318. The van der Waals surface area contributed by atoms with Gasteiger partial charge in [-0.15, -0.1) is 0 Å². The molecule has 1 rings (SSSR count). The Balaban J connectivity index is 3.04. The number of hydrogen-bond acceptors (Lipinski definition) is 2. The highest BCUT2D eigenvalue weighted by Gasteiger charge is 2.03. The van der Waals surface area contributed by atoms with Crippen LogP contribution in [0.4, 0.5) is 10.1 Å². The molecule has 1 aromatic rings. The SMILES string of the molecule is Nc1c(Cl)cc(F)cc1C#CCCO. The number of nitrogen functional groups attached to an aromatic ring is 1. The van der Waals surface area contributed by atoms with Crippen LogP contribution in [0.15, 0.2) is 12.1 Å². The molecule has 0 atom stereocenters. The number of halogens is 2. The van der Waals surface area contributed by atoms with Crippen LogP contribution in [0.5, 0.6) is 0 Å². The van der Waals surface area contributed by atoms with E-state index in [1.54, 1.807) is 0 Å². The molecule has 0 aromatic heterocycles. The van der Waals surface area contributed by atoms with Crippen molar-refractivity contribution in [2.45, 2.75) is 6.42 Å². The maximum Gasteiger partial charge on any atom is 0.126 e. The first-order chi connectivity index (χ1) is 6.65. The number of anilines is 1. The summed E-state index contributed by atoms with van der Waals surface area (Å²) >= 11 is 5.65. The Labute approximate surface area is 86.5 Å². The van der Waals surface area contributed by atoms with Crippen molar-refractivity contribution in [2.75, 3.05) is 12.3 Å². The fourth-order valence-corrected chi connectivity index (χ4v) is 1.11. The van der Waals surface area contributed by atoms with E-state index < -0.39 is 5.82 Å². The van der Waals surface area contributed by atoms with E-state index in [2.05, 4.69) is 11.8 Å². The molecule has 0 fully saturated rings. The summed E-state index contributed by atoms with van der Waals surface area (Å²) in [4.78, 5) is 0. The highest BCUT2D eigenvalue weighted by atomic mass is 35.5. The van der Waals surface area contributed by atoms with Gasteiger partial charge < -0.3 is 10.8 Å². The molecule has 14 heavy (non-hydrogen) atoms. The molecule has 0 radical (unpaired) electrons. The van der Waals surface area contributed by atoms with Crippen molar-refractivity contribution >= 4 is 17.3 Å². The molecule has 1 aromatic carbocycles. The van der Waals surface area contributed by atoms with Crippen molar-refractivity contribution in [3.8, 4) is 11.8 Å². The second-order valence-electron chi connectivity index (χ2n) is 2.62. The second-order valence-corrected chi connectivity index (χ2v) is 3.03. The molecular weight excluding hydrogens is 205 g/mol. The van der Waals surface area contributed by atoms with Gasteiger partial charge >= 0.3 is 0 Å². The fourth-order valence-electron chi connectivity index (χ4n) is 0.902. The third-order valence-electron chi connectivity index (χ3n) is 1.55. The van der Waals surface area contributed by atoms with Crippen LogP contribution in [0, 0.1) is 17.7 Å². The van der Waals surface area contributed by atoms with Gasteiger partial charge in [0.25, 0.3) is 0 Å². The Morgan fingerprint density at radius 2 is 2.21 bits per heavy atom. The molecule has 0 saturated carbocycles. The van der Waals surface area contributed by atoms with Crippen molar-refractivity contribution in [2.24, 2.45) is 0 Å². The lowest BCUT2D eigenvalue weighted by Gasteiger charge is -2.00. The van der Waals surface area contributed by atoms with Gasteiger partial charge in [-0.25, -0.2) is 4.39 Å². The van der Waals surface area contributed by atoms with Gasteiger partial charge in [0.05, 0.1) is 22.9 Å². The molecule has 0 heterocycles. The van der Waals surface area contributed by atoms with Gasteiger partial charge in [0.1, 0.15) is 5.82 Å². The molecule has 0 bridgehead atoms. The van der Waals surface area contributed by atoms with Crippen molar-refractivity contribution in [1.82, 2.24) is 0 Å². The van der Waals surface area contributed by atoms with Crippen molar-refractivity contribution in [3.63, 3.8) is 0 Å². The van der Waals surface area contributed by atoms with Crippen molar-refractivity contribution < 1.29 is 9.50 Å². The minimum Gasteiger partial charge on any atom is -0.397 e. The molecule has 0 aliphatic carbocycles. The van der Waals surface area contributed by atoms with Crippen LogP contribution in [-0.2, 0) is 0 Å². The molecule has 74 valence electrons. The Bertz CT molecular complexity index is 395. The van der Waals surface area contributed by atoms with Gasteiger partial charge in [0.2, 0.25) is 0 Å². The van der Waals surface area contributed by atoms with E-state index in [9.17, 15) is 4.39 Å². The first-order valence-electron chi connectivity index (χ1n) is 3.99. The van der Waals surface area contributed by atoms with E-state index in [1.807, 2.05) is 0 Å². The molecule has 4 heteroatoms. The summed E-state index contributed by atoms with van der Waals surface area (Å²) in [6.07, 6.45) is 0.327. The number of aliphatic hydroxyl groups is 1. The maximum atomic E-state index is 12.9. The number of benzene rings is 1. The zero-order valence-electron chi connectivity index (χ0n) is 7.35. The van der Waals surface area contributed by atoms with Crippen LogP contribution in [0.1, 0.15) is 12.0 Å². The van der Waals surface area contributed by atoms with Gasteiger partial charge in [-0.1, -0.05) is 23.4 Å². The molecule has 0 unspecified atom stereocenters. The van der Waals surface area contributed by atoms with E-state index in [4.69, 9.17) is 22.4 Å². The average molecular weight is 214 g/mol. The average Bonchev–Trinajstić information content (AvgIpc) is 2.13. The predicted molar refractivity (Wildman–Crippen MR) is 54.4 cm³/mol. The Hall–Kier alpha value is -1.24. The lowest BCUT2D eigenvalue weighted by molar-refractivity contribution is 0.305. The zero-order chi connectivity index (χ0) is 10.6. The summed E-state index contributed by atoms with van der Waals surface area (Å²) in [7, 11) is 0. The topological polar surface area (TPSA) is 46.2 Å².